The van der Waals surface area contributed by atoms with Gasteiger partial charge in [0.15, 0.2) is 0 Å². The molecule has 1 aromatic heterocycles. The van der Waals surface area contributed by atoms with Gasteiger partial charge in [-0.05, 0) is 55.3 Å². The molecule has 0 radical (unpaired) electrons. The third kappa shape index (κ3) is 4.69. The Kier molecular flexibility index (Phi) is 6.51. The quantitative estimate of drug-likeness (QED) is 0.764. The van der Waals surface area contributed by atoms with Gasteiger partial charge < -0.3 is 10.1 Å². The molecule has 0 aliphatic carbocycles. The van der Waals surface area contributed by atoms with E-state index in [9.17, 15) is 13.2 Å². The van der Waals surface area contributed by atoms with E-state index in [1.165, 1.54) is 15.6 Å². The average Bonchev–Trinajstić information content (AvgIpc) is 3.12. The third-order valence-electron chi connectivity index (χ3n) is 4.48. The van der Waals surface area contributed by atoms with Crippen LogP contribution in [0.5, 0.6) is 5.75 Å². The number of thiophene rings is 1. The molecule has 27 heavy (non-hydrogen) atoms. The predicted molar refractivity (Wildman–Crippen MR) is 105 cm³/mol. The van der Waals surface area contributed by atoms with Crippen molar-refractivity contribution in [3.05, 3.63) is 47.3 Å². The van der Waals surface area contributed by atoms with E-state index in [1.807, 2.05) is 31.2 Å². The molecular formula is C19H24N2O4S2. The lowest BCUT2D eigenvalue weighted by atomic mass is 10.1. The highest BCUT2D eigenvalue weighted by Gasteiger charge is 2.37. The van der Waals surface area contributed by atoms with Crippen LogP contribution in [0.1, 0.15) is 31.7 Å². The van der Waals surface area contributed by atoms with Gasteiger partial charge in [0.1, 0.15) is 16.0 Å². The minimum atomic E-state index is -3.77. The first kappa shape index (κ1) is 19.9. The highest BCUT2D eigenvalue weighted by Crippen LogP contribution is 2.28. The lowest BCUT2D eigenvalue weighted by molar-refractivity contribution is -0.124. The van der Waals surface area contributed by atoms with Crippen LogP contribution in [0.15, 0.2) is 46.0 Å². The highest BCUT2D eigenvalue weighted by molar-refractivity contribution is 7.91. The van der Waals surface area contributed by atoms with E-state index < -0.39 is 16.1 Å². The molecule has 6 nitrogen and oxygen atoms in total. The zero-order valence-electron chi connectivity index (χ0n) is 15.3. The molecule has 1 aromatic carbocycles. The molecule has 1 aliphatic rings. The second-order valence-corrected chi connectivity index (χ2v) is 9.43. The zero-order chi connectivity index (χ0) is 19.3. The van der Waals surface area contributed by atoms with E-state index in [0.29, 0.717) is 19.6 Å². The summed E-state index contributed by atoms with van der Waals surface area (Å²) in [5.74, 6) is 0.514. The van der Waals surface area contributed by atoms with Gasteiger partial charge in [0.25, 0.3) is 10.0 Å². The molecule has 146 valence electrons. The fourth-order valence-corrected chi connectivity index (χ4v) is 5.85. The van der Waals surface area contributed by atoms with Gasteiger partial charge in [0, 0.05) is 13.1 Å². The summed E-state index contributed by atoms with van der Waals surface area (Å²) < 4.78 is 33.6. The Morgan fingerprint density at radius 2 is 2.00 bits per heavy atom. The van der Waals surface area contributed by atoms with E-state index in [4.69, 9.17) is 4.74 Å². The summed E-state index contributed by atoms with van der Waals surface area (Å²) in [6, 6.07) is 9.92. The molecular weight excluding hydrogens is 384 g/mol. The second-order valence-electron chi connectivity index (χ2n) is 6.36. The molecule has 0 spiro atoms. The number of hydrogen-bond acceptors (Lipinski definition) is 5. The molecule has 1 aliphatic heterocycles. The smallest absolute Gasteiger partial charge is 0.253 e. The first-order valence-corrected chi connectivity index (χ1v) is 11.4. The van der Waals surface area contributed by atoms with Crippen LogP contribution in [0.4, 0.5) is 0 Å². The molecule has 1 atom stereocenters. The van der Waals surface area contributed by atoms with Crippen LogP contribution in [0.3, 0.4) is 0 Å². The summed E-state index contributed by atoms with van der Waals surface area (Å²) >= 11 is 1.17. The fourth-order valence-electron chi connectivity index (χ4n) is 3.12. The molecule has 3 rings (SSSR count). The maximum Gasteiger partial charge on any atom is 0.253 e. The van der Waals surface area contributed by atoms with Crippen molar-refractivity contribution in [3.8, 4) is 5.75 Å². The van der Waals surface area contributed by atoms with Gasteiger partial charge >= 0.3 is 0 Å². The number of carbonyl (C=O) groups is 1. The zero-order valence-corrected chi connectivity index (χ0v) is 16.9. The van der Waals surface area contributed by atoms with E-state index in [2.05, 4.69) is 5.32 Å². The first-order chi connectivity index (χ1) is 13.0. The summed E-state index contributed by atoms with van der Waals surface area (Å²) in [6.07, 6.45) is 2.19. The van der Waals surface area contributed by atoms with Crippen LogP contribution in [0.25, 0.3) is 0 Å². The maximum absolute atomic E-state index is 13.3. The Morgan fingerprint density at radius 3 is 2.67 bits per heavy atom. The van der Waals surface area contributed by atoms with Gasteiger partial charge in [-0.25, -0.2) is 8.42 Å². The normalized spacial score (nSPS) is 18.1. The number of ether oxygens (including phenoxy) is 1. The number of benzene rings is 1. The lowest BCUT2D eigenvalue weighted by Gasteiger charge is -2.28. The lowest BCUT2D eigenvalue weighted by Crippen LogP contribution is -2.48. The molecule has 8 heteroatoms. The molecule has 1 amide bonds. The Morgan fingerprint density at radius 1 is 1.22 bits per heavy atom. The largest absolute Gasteiger partial charge is 0.494 e. The van der Waals surface area contributed by atoms with Gasteiger partial charge in [0.2, 0.25) is 5.91 Å². The van der Waals surface area contributed by atoms with Crippen LogP contribution >= 0.6 is 11.3 Å². The van der Waals surface area contributed by atoms with Crippen molar-refractivity contribution in [2.75, 3.05) is 13.2 Å². The summed E-state index contributed by atoms with van der Waals surface area (Å²) in [5.41, 5.74) is 0.815. The molecule has 0 unspecified atom stereocenters. The third-order valence-corrected chi connectivity index (χ3v) is 7.71. The molecule has 2 aromatic rings. The van der Waals surface area contributed by atoms with Crippen LogP contribution in [-0.2, 0) is 21.4 Å². The summed E-state index contributed by atoms with van der Waals surface area (Å²) in [5, 5.41) is 4.57. The first-order valence-electron chi connectivity index (χ1n) is 9.07. The minimum Gasteiger partial charge on any atom is -0.494 e. The molecule has 1 saturated heterocycles. The van der Waals surface area contributed by atoms with Gasteiger partial charge in [0.05, 0.1) is 6.61 Å². The summed E-state index contributed by atoms with van der Waals surface area (Å²) in [6.45, 7) is 3.21. The van der Waals surface area contributed by atoms with Crippen LogP contribution < -0.4 is 10.1 Å². The van der Waals surface area contributed by atoms with Crippen molar-refractivity contribution in [2.45, 2.75) is 43.0 Å². The number of sulfonamides is 1. The van der Waals surface area contributed by atoms with E-state index in [-0.39, 0.29) is 16.7 Å². The SMILES string of the molecule is CCOc1ccc(CN([C@@H]2CCCCNC2=O)S(=O)(=O)c2cccs2)cc1. The topological polar surface area (TPSA) is 75.7 Å². The van der Waals surface area contributed by atoms with Crippen LogP contribution in [0, 0.1) is 0 Å². The molecule has 1 N–H and O–H groups in total. The van der Waals surface area contributed by atoms with Crippen LogP contribution in [-0.4, -0.2) is 37.8 Å². The average molecular weight is 409 g/mol. The Hall–Kier alpha value is -1.90. The van der Waals surface area contributed by atoms with Crippen molar-refractivity contribution in [2.24, 2.45) is 0 Å². The molecule has 1 fully saturated rings. The second kappa shape index (κ2) is 8.86. The molecule has 0 bridgehead atoms. The number of hydrogen-bond donors (Lipinski definition) is 1. The highest BCUT2D eigenvalue weighted by atomic mass is 32.2. The number of nitrogens with zero attached hydrogens (tertiary/aromatic N) is 1. The summed E-state index contributed by atoms with van der Waals surface area (Å²) in [4.78, 5) is 12.6. The maximum atomic E-state index is 13.3. The number of amides is 1. The van der Waals surface area contributed by atoms with Crippen LogP contribution in [0.2, 0.25) is 0 Å². The van der Waals surface area contributed by atoms with Crippen molar-refractivity contribution < 1.29 is 17.9 Å². The van der Waals surface area contributed by atoms with Crippen molar-refractivity contribution in [3.63, 3.8) is 0 Å². The van der Waals surface area contributed by atoms with E-state index in [0.717, 1.165) is 24.2 Å². The van der Waals surface area contributed by atoms with Crippen molar-refractivity contribution >= 4 is 27.3 Å². The summed E-state index contributed by atoms with van der Waals surface area (Å²) in [7, 11) is -3.77. The van der Waals surface area contributed by atoms with E-state index in [1.54, 1.807) is 17.5 Å². The molecule has 0 saturated carbocycles. The van der Waals surface area contributed by atoms with Gasteiger partial charge in [-0.2, -0.15) is 4.31 Å². The van der Waals surface area contributed by atoms with Gasteiger partial charge in [-0.3, -0.25) is 4.79 Å². The predicted octanol–water partition coefficient (Wildman–Crippen LogP) is 3.01. The standard InChI is InChI=1S/C19H24N2O4S2/c1-2-25-16-10-8-15(9-11-16)14-21(17-6-3-4-12-20-19(17)22)27(23,24)18-7-5-13-26-18/h5,7-11,13,17H,2-4,6,12,14H2,1H3,(H,20,22)/t17-/m1/s1. The van der Waals surface area contributed by atoms with Gasteiger partial charge in [-0.15, -0.1) is 11.3 Å². The monoisotopic (exact) mass is 408 g/mol. The Balaban J connectivity index is 1.93. The van der Waals surface area contributed by atoms with Gasteiger partial charge in [-0.1, -0.05) is 18.2 Å². The Bertz CT molecular complexity index is 848. The van der Waals surface area contributed by atoms with Crippen molar-refractivity contribution in [1.29, 1.82) is 0 Å². The molecule has 2 heterocycles. The minimum absolute atomic E-state index is 0.144. The Labute approximate surface area is 164 Å². The van der Waals surface area contributed by atoms with E-state index >= 15 is 0 Å². The number of rotatable bonds is 7. The number of nitrogens with one attached hydrogen (secondary N) is 1. The fraction of sp³-hybridized carbons (Fsp3) is 0.421. The number of carbonyl (C=O) groups excluding carboxylic acids is 1. The van der Waals surface area contributed by atoms with Crippen molar-refractivity contribution in [1.82, 2.24) is 9.62 Å².